The number of hydrogen-bond acceptors (Lipinski definition) is 4. The van der Waals surface area contributed by atoms with Crippen molar-refractivity contribution in [3.8, 4) is 0 Å². The minimum atomic E-state index is -4.61. The van der Waals surface area contributed by atoms with Gasteiger partial charge >= 0.3 is 51.4 Å². The monoisotopic (exact) mass is 568 g/mol. The van der Waals surface area contributed by atoms with Gasteiger partial charge in [0.1, 0.15) is 0 Å². The van der Waals surface area contributed by atoms with Crippen LogP contribution in [0.5, 0.6) is 0 Å². The molecule has 0 spiro atoms. The maximum Gasteiger partial charge on any atom is 1.00 e. The van der Waals surface area contributed by atoms with E-state index in [2.05, 4.69) is 30.2 Å². The fourth-order valence-corrected chi connectivity index (χ4v) is 5.21. The zero-order valence-corrected chi connectivity index (χ0v) is 29.1. The quantitative estimate of drug-likeness (QED) is 0.0309. The first-order valence-electron chi connectivity index (χ1n) is 15.8. The van der Waals surface area contributed by atoms with Gasteiger partial charge in [-0.15, -0.1) is 0 Å². The predicted molar refractivity (Wildman–Crippen MR) is 155 cm³/mol. The van der Waals surface area contributed by atoms with Crippen molar-refractivity contribution in [1.82, 2.24) is 0 Å². The summed E-state index contributed by atoms with van der Waals surface area (Å²) in [6.07, 6.45) is 36.8. The minimum absolute atomic E-state index is 0. The molecule has 0 fully saturated rings. The molecule has 6 heteroatoms. The van der Waals surface area contributed by atoms with Gasteiger partial charge in [0.25, 0.3) is 0 Å². The van der Waals surface area contributed by atoms with Crippen LogP contribution in [-0.4, -0.2) is 19.6 Å². The summed E-state index contributed by atoms with van der Waals surface area (Å²) >= 11 is 0. The molecule has 0 aromatic rings. The van der Waals surface area contributed by atoms with Crippen molar-refractivity contribution in [2.75, 3.05) is 6.61 Å². The van der Waals surface area contributed by atoms with E-state index in [0.29, 0.717) is 0 Å². The van der Waals surface area contributed by atoms with Crippen LogP contribution in [0, 0.1) is 5.92 Å². The summed E-state index contributed by atoms with van der Waals surface area (Å²) in [6.45, 7) is 4.47. The minimum Gasteiger partial charge on any atom is -0.726 e. The summed E-state index contributed by atoms with van der Waals surface area (Å²) in [7, 11) is -4.61. The smallest absolute Gasteiger partial charge is 0.726 e. The average molecular weight is 569 g/mol. The van der Waals surface area contributed by atoms with Gasteiger partial charge in [0, 0.05) is 5.92 Å². The first-order chi connectivity index (χ1) is 17.5. The molecule has 0 aliphatic carbocycles. The molecule has 0 aromatic heterocycles. The molecular formula is C31H61KO4S. The van der Waals surface area contributed by atoms with Crippen LogP contribution in [0.25, 0.3) is 0 Å². The Balaban J connectivity index is 0. The van der Waals surface area contributed by atoms with E-state index in [4.69, 9.17) is 0 Å². The van der Waals surface area contributed by atoms with E-state index < -0.39 is 10.4 Å². The molecule has 4 nitrogen and oxygen atoms in total. The van der Waals surface area contributed by atoms with Crippen LogP contribution < -0.4 is 51.4 Å². The van der Waals surface area contributed by atoms with Gasteiger partial charge in [0.2, 0.25) is 10.4 Å². The predicted octanol–water partition coefficient (Wildman–Crippen LogP) is 7.43. The average Bonchev–Trinajstić information content (AvgIpc) is 2.85. The standard InChI is InChI=1S/C31H62O4S.K/c1-3-5-7-9-11-12-13-14-15-16-17-18-19-20-21-22-23-25-27-29-31(30-35-36(32,33)34)28-26-24-10-8-6-4-2;/h27,29,31H,3-26,28,30H2,1-2H3,(H,32,33,34);/q;+1/p-1/b29-27+;. The van der Waals surface area contributed by atoms with Crippen molar-refractivity contribution < 1.29 is 68.5 Å². The van der Waals surface area contributed by atoms with E-state index >= 15 is 0 Å². The fraction of sp³-hybridized carbons (Fsp3) is 0.935. The van der Waals surface area contributed by atoms with Gasteiger partial charge in [-0.25, -0.2) is 8.42 Å². The topological polar surface area (TPSA) is 66.4 Å². The molecule has 216 valence electrons. The van der Waals surface area contributed by atoms with E-state index in [9.17, 15) is 13.0 Å². The van der Waals surface area contributed by atoms with E-state index in [1.54, 1.807) is 0 Å². The Bertz CT molecular complexity index is 566. The van der Waals surface area contributed by atoms with Crippen LogP contribution in [0.3, 0.4) is 0 Å². The van der Waals surface area contributed by atoms with Gasteiger partial charge in [-0.05, 0) is 19.3 Å². The molecule has 0 saturated heterocycles. The normalized spacial score (nSPS) is 12.7. The van der Waals surface area contributed by atoms with Gasteiger partial charge in [-0.3, -0.25) is 4.18 Å². The number of hydrogen-bond donors (Lipinski definition) is 0. The van der Waals surface area contributed by atoms with Gasteiger partial charge < -0.3 is 4.55 Å². The maximum atomic E-state index is 10.8. The maximum absolute atomic E-state index is 10.8. The van der Waals surface area contributed by atoms with Crippen molar-refractivity contribution in [3.05, 3.63) is 12.2 Å². The largest absolute Gasteiger partial charge is 1.00 e. The van der Waals surface area contributed by atoms with Gasteiger partial charge in [0.15, 0.2) is 0 Å². The molecule has 37 heavy (non-hydrogen) atoms. The molecule has 1 atom stereocenters. The Morgan fingerprint density at radius 3 is 1.32 bits per heavy atom. The summed E-state index contributed by atoms with van der Waals surface area (Å²) in [5.41, 5.74) is 0. The molecule has 0 aromatic carbocycles. The fourth-order valence-electron chi connectivity index (χ4n) is 4.87. The Labute approximate surface area is 275 Å². The summed E-state index contributed by atoms with van der Waals surface area (Å²) in [5.74, 6) is 0.0192. The molecule has 0 bridgehead atoms. The second-order valence-corrected chi connectivity index (χ2v) is 11.9. The molecule has 0 aliphatic rings. The number of unbranched alkanes of at least 4 members (excludes halogenated alkanes) is 22. The Kier molecular flexibility index (Phi) is 34.7. The molecule has 0 rings (SSSR count). The molecule has 0 heterocycles. The van der Waals surface area contributed by atoms with Crippen molar-refractivity contribution in [2.45, 2.75) is 174 Å². The van der Waals surface area contributed by atoms with Crippen LogP contribution in [0.1, 0.15) is 174 Å². The zero-order valence-electron chi connectivity index (χ0n) is 25.2. The van der Waals surface area contributed by atoms with Crippen LogP contribution in [0.2, 0.25) is 0 Å². The summed E-state index contributed by atoms with van der Waals surface area (Å²) in [6, 6.07) is 0. The van der Waals surface area contributed by atoms with Crippen molar-refractivity contribution in [1.29, 1.82) is 0 Å². The third-order valence-corrected chi connectivity index (χ3v) is 7.66. The van der Waals surface area contributed by atoms with Crippen molar-refractivity contribution in [2.24, 2.45) is 5.92 Å². The third-order valence-electron chi connectivity index (χ3n) is 7.24. The van der Waals surface area contributed by atoms with Gasteiger partial charge in [0.05, 0.1) is 6.61 Å². The van der Waals surface area contributed by atoms with E-state index in [1.165, 1.54) is 135 Å². The molecule has 1 unspecified atom stereocenters. The summed E-state index contributed by atoms with van der Waals surface area (Å²) in [5, 5.41) is 0. The third kappa shape index (κ3) is 35.2. The van der Waals surface area contributed by atoms with Crippen molar-refractivity contribution in [3.63, 3.8) is 0 Å². The van der Waals surface area contributed by atoms with Crippen molar-refractivity contribution >= 4 is 10.4 Å². The van der Waals surface area contributed by atoms with Crippen LogP contribution >= 0.6 is 0 Å². The number of rotatable bonds is 29. The van der Waals surface area contributed by atoms with Crippen LogP contribution in [0.4, 0.5) is 0 Å². The Hall–Kier alpha value is 1.25. The van der Waals surface area contributed by atoms with Crippen LogP contribution in [0.15, 0.2) is 12.2 Å². The molecule has 0 amide bonds. The summed E-state index contributed by atoms with van der Waals surface area (Å²) in [4.78, 5) is 0. The van der Waals surface area contributed by atoms with Crippen LogP contribution in [-0.2, 0) is 14.6 Å². The SMILES string of the molecule is CCCCCCCCCCCCCCCCCCC/C=C/C(CCCCCCCC)COS(=O)(=O)[O-].[K+]. The second kappa shape index (κ2) is 31.8. The van der Waals surface area contributed by atoms with E-state index in [0.717, 1.165) is 25.7 Å². The molecule has 0 saturated carbocycles. The Morgan fingerprint density at radius 1 is 0.595 bits per heavy atom. The Morgan fingerprint density at radius 2 is 0.946 bits per heavy atom. The summed E-state index contributed by atoms with van der Waals surface area (Å²) < 4.78 is 37.0. The number of allylic oxidation sites excluding steroid dienone is 1. The van der Waals surface area contributed by atoms with E-state index in [-0.39, 0.29) is 63.9 Å². The first-order valence-corrected chi connectivity index (χ1v) is 17.1. The molecule has 0 radical (unpaired) electrons. The molecular weight excluding hydrogens is 508 g/mol. The van der Waals surface area contributed by atoms with Gasteiger partial charge in [-0.1, -0.05) is 167 Å². The van der Waals surface area contributed by atoms with Gasteiger partial charge in [-0.2, -0.15) is 0 Å². The molecule has 0 aliphatic heterocycles. The molecule has 0 N–H and O–H groups in total. The zero-order chi connectivity index (χ0) is 26.6. The second-order valence-electron chi connectivity index (χ2n) is 10.9. The van der Waals surface area contributed by atoms with E-state index in [1.807, 2.05) is 0 Å². The first kappa shape index (κ1) is 40.4.